The van der Waals surface area contributed by atoms with E-state index in [4.69, 9.17) is 9.47 Å². The number of alkyl carbamates (subject to hydrolysis) is 1. The summed E-state index contributed by atoms with van der Waals surface area (Å²) in [6.07, 6.45) is -1.41. The Morgan fingerprint density at radius 2 is 1.50 bits per heavy atom. The number of aliphatic carboxylic acids is 1. The molecule has 0 unspecified atom stereocenters. The van der Waals surface area contributed by atoms with Crippen LogP contribution in [0, 0.1) is 6.92 Å². The van der Waals surface area contributed by atoms with Crippen LogP contribution in [0.25, 0.3) is 22.0 Å². The van der Waals surface area contributed by atoms with Gasteiger partial charge in [0.15, 0.2) is 0 Å². The largest absolute Gasteiger partial charge is 0.480 e. The highest BCUT2D eigenvalue weighted by Gasteiger charge is 2.31. The summed E-state index contributed by atoms with van der Waals surface area (Å²) in [4.78, 5) is 38.1. The molecule has 1 aliphatic carbocycles. The lowest BCUT2D eigenvalue weighted by Crippen LogP contribution is -2.43. The second-order valence-corrected chi connectivity index (χ2v) is 11.0. The van der Waals surface area contributed by atoms with Gasteiger partial charge < -0.3 is 19.9 Å². The highest BCUT2D eigenvalue weighted by Crippen LogP contribution is 2.44. The molecule has 2 N–H and O–H groups in total. The van der Waals surface area contributed by atoms with Gasteiger partial charge in [-0.15, -0.1) is 0 Å². The number of aromatic nitrogens is 1. The molecular formula is C32H32N2O6. The SMILES string of the molecule is Cc1c(C[C@H](NC(=O)OCC2c3ccccc3-c3ccccc32)C(=O)O)c2ccccc2n1C(=O)OC(C)(C)C. The predicted molar refractivity (Wildman–Crippen MR) is 152 cm³/mol. The second kappa shape index (κ2) is 10.5. The number of carbonyl (C=O) groups is 3. The molecule has 0 fully saturated rings. The predicted octanol–water partition coefficient (Wildman–Crippen LogP) is 6.27. The fourth-order valence-corrected chi connectivity index (χ4v) is 5.42. The first-order valence-electron chi connectivity index (χ1n) is 13.2. The van der Waals surface area contributed by atoms with Gasteiger partial charge in [-0.1, -0.05) is 66.7 Å². The summed E-state index contributed by atoms with van der Waals surface area (Å²) in [5, 5.41) is 13.2. The zero-order valence-corrected chi connectivity index (χ0v) is 22.9. The van der Waals surface area contributed by atoms with Crippen molar-refractivity contribution >= 4 is 29.1 Å². The number of nitrogens with zero attached hydrogens (tertiary/aromatic N) is 1. The fraction of sp³-hybridized carbons (Fsp3) is 0.281. The minimum atomic E-state index is -1.27. The highest BCUT2D eigenvalue weighted by molar-refractivity contribution is 5.94. The summed E-state index contributed by atoms with van der Waals surface area (Å²) in [5.41, 5.74) is 5.43. The number of hydrogen-bond donors (Lipinski definition) is 2. The molecule has 8 nitrogen and oxygen atoms in total. The molecule has 0 bridgehead atoms. The molecule has 4 aromatic rings. The number of carboxylic acid groups (broad SMARTS) is 1. The van der Waals surface area contributed by atoms with Crippen molar-refractivity contribution in [2.75, 3.05) is 6.61 Å². The zero-order valence-electron chi connectivity index (χ0n) is 22.9. The third-order valence-corrected chi connectivity index (χ3v) is 7.16. The van der Waals surface area contributed by atoms with Gasteiger partial charge in [0, 0.05) is 23.4 Å². The summed E-state index contributed by atoms with van der Waals surface area (Å²) in [5.74, 6) is -1.35. The molecule has 8 heteroatoms. The van der Waals surface area contributed by atoms with Crippen LogP contribution in [-0.4, -0.2) is 46.1 Å². The van der Waals surface area contributed by atoms with Gasteiger partial charge in [-0.2, -0.15) is 0 Å². The molecule has 5 rings (SSSR count). The first kappa shape index (κ1) is 27.0. The summed E-state index contributed by atoms with van der Waals surface area (Å²) in [7, 11) is 0. The van der Waals surface area contributed by atoms with Crippen molar-refractivity contribution in [3.63, 3.8) is 0 Å². The Morgan fingerprint density at radius 3 is 2.10 bits per heavy atom. The van der Waals surface area contributed by atoms with Crippen molar-refractivity contribution < 1.29 is 29.0 Å². The first-order valence-corrected chi connectivity index (χ1v) is 13.2. The molecule has 40 heavy (non-hydrogen) atoms. The van der Waals surface area contributed by atoms with Crippen LogP contribution < -0.4 is 5.32 Å². The van der Waals surface area contributed by atoms with Crippen molar-refractivity contribution in [2.45, 2.75) is 51.7 Å². The van der Waals surface area contributed by atoms with Gasteiger partial charge in [-0.25, -0.2) is 19.0 Å². The molecule has 3 aromatic carbocycles. The van der Waals surface area contributed by atoms with Gasteiger partial charge in [0.25, 0.3) is 0 Å². The number of carbonyl (C=O) groups excluding carboxylic acids is 2. The molecule has 1 amide bonds. The maximum atomic E-state index is 13.0. The van der Waals surface area contributed by atoms with Gasteiger partial charge in [0.05, 0.1) is 5.52 Å². The Balaban J connectivity index is 1.34. The van der Waals surface area contributed by atoms with Crippen LogP contribution in [0.1, 0.15) is 49.1 Å². The number of rotatable bonds is 6. The van der Waals surface area contributed by atoms with Crippen LogP contribution in [0.5, 0.6) is 0 Å². The third-order valence-electron chi connectivity index (χ3n) is 7.16. The topological polar surface area (TPSA) is 107 Å². The number of para-hydroxylation sites is 1. The van der Waals surface area contributed by atoms with E-state index in [1.165, 1.54) is 4.57 Å². The van der Waals surface area contributed by atoms with Crippen LogP contribution in [0.4, 0.5) is 9.59 Å². The van der Waals surface area contributed by atoms with Crippen molar-refractivity contribution in [1.29, 1.82) is 0 Å². The van der Waals surface area contributed by atoms with E-state index in [2.05, 4.69) is 5.32 Å². The van der Waals surface area contributed by atoms with E-state index in [1.807, 2.05) is 60.7 Å². The average molecular weight is 541 g/mol. The van der Waals surface area contributed by atoms with Crippen LogP contribution >= 0.6 is 0 Å². The van der Waals surface area contributed by atoms with Gasteiger partial charge in [-0.05, 0) is 61.6 Å². The summed E-state index contributed by atoms with van der Waals surface area (Å²) < 4.78 is 12.6. The molecule has 0 saturated heterocycles. The molecule has 0 saturated carbocycles. The van der Waals surface area contributed by atoms with Crippen molar-refractivity contribution in [3.8, 4) is 11.1 Å². The molecule has 1 atom stereocenters. The fourth-order valence-electron chi connectivity index (χ4n) is 5.42. The third kappa shape index (κ3) is 5.17. The second-order valence-electron chi connectivity index (χ2n) is 11.0. The van der Waals surface area contributed by atoms with Gasteiger partial charge in [0.1, 0.15) is 18.2 Å². The minimum absolute atomic E-state index is 0.0400. The van der Waals surface area contributed by atoms with E-state index in [0.29, 0.717) is 22.2 Å². The first-order chi connectivity index (χ1) is 19.0. The van der Waals surface area contributed by atoms with E-state index >= 15 is 0 Å². The molecule has 1 aliphatic rings. The van der Waals surface area contributed by atoms with Crippen LogP contribution in [0.15, 0.2) is 72.8 Å². The maximum Gasteiger partial charge on any atom is 0.419 e. The Labute approximate surface area is 232 Å². The highest BCUT2D eigenvalue weighted by atomic mass is 16.6. The summed E-state index contributed by atoms with van der Waals surface area (Å²) >= 11 is 0. The molecular weight excluding hydrogens is 508 g/mol. The van der Waals surface area contributed by atoms with Crippen molar-refractivity contribution in [3.05, 3.63) is 95.2 Å². The van der Waals surface area contributed by atoms with Crippen LogP contribution in [0.3, 0.4) is 0 Å². The van der Waals surface area contributed by atoms with E-state index < -0.39 is 29.8 Å². The molecule has 1 heterocycles. The van der Waals surface area contributed by atoms with Gasteiger partial charge >= 0.3 is 18.2 Å². The van der Waals surface area contributed by atoms with Crippen LogP contribution in [-0.2, 0) is 20.7 Å². The Morgan fingerprint density at radius 1 is 0.925 bits per heavy atom. The molecule has 206 valence electrons. The lowest BCUT2D eigenvalue weighted by Gasteiger charge is -2.20. The number of nitrogens with one attached hydrogen (secondary N) is 1. The maximum absolute atomic E-state index is 13.0. The number of amides is 1. The average Bonchev–Trinajstić information content (AvgIpc) is 3.37. The molecule has 0 spiro atoms. The Bertz CT molecular complexity index is 1570. The Kier molecular flexibility index (Phi) is 7.10. The van der Waals surface area contributed by atoms with Gasteiger partial charge in [-0.3, -0.25) is 0 Å². The molecule has 1 aromatic heterocycles. The number of fused-ring (bicyclic) bond motifs is 4. The lowest BCUT2D eigenvalue weighted by molar-refractivity contribution is -0.139. The number of ether oxygens (including phenoxy) is 2. The van der Waals surface area contributed by atoms with Crippen molar-refractivity contribution in [1.82, 2.24) is 9.88 Å². The summed E-state index contributed by atoms with van der Waals surface area (Å²) in [6, 6.07) is 21.9. The smallest absolute Gasteiger partial charge is 0.419 e. The molecule has 0 aliphatic heterocycles. The number of hydrogen-bond acceptors (Lipinski definition) is 5. The van der Waals surface area contributed by atoms with Crippen LogP contribution in [0.2, 0.25) is 0 Å². The quantitative estimate of drug-likeness (QED) is 0.299. The lowest BCUT2D eigenvalue weighted by atomic mass is 9.98. The minimum Gasteiger partial charge on any atom is -0.480 e. The number of carboxylic acids is 1. The van der Waals surface area contributed by atoms with E-state index in [9.17, 15) is 19.5 Å². The van der Waals surface area contributed by atoms with E-state index in [1.54, 1.807) is 39.8 Å². The van der Waals surface area contributed by atoms with E-state index in [0.717, 1.165) is 22.3 Å². The summed E-state index contributed by atoms with van der Waals surface area (Å²) in [6.45, 7) is 7.16. The standard InChI is InChI=1S/C32H32N2O6/c1-19-25(24-15-9-10-16-28(24)34(19)31(38)40-32(2,3)4)17-27(29(35)36)33-30(37)39-18-26-22-13-7-5-11-20(22)21-12-6-8-14-23(21)26/h5-16,26-27H,17-18H2,1-4H3,(H,33,37)(H,35,36)/t27-/m0/s1. The van der Waals surface area contributed by atoms with Crippen molar-refractivity contribution in [2.24, 2.45) is 0 Å². The Hall–Kier alpha value is -4.59. The van der Waals surface area contributed by atoms with E-state index in [-0.39, 0.29) is 18.9 Å². The monoisotopic (exact) mass is 540 g/mol. The zero-order chi connectivity index (χ0) is 28.6. The normalized spacial score (nSPS) is 13.4. The molecule has 0 radical (unpaired) electrons. The number of benzene rings is 3. The van der Waals surface area contributed by atoms with Gasteiger partial charge in [0.2, 0.25) is 0 Å².